The predicted molar refractivity (Wildman–Crippen MR) is 59.0 cm³/mol. The van der Waals surface area contributed by atoms with E-state index >= 15 is 0 Å². The summed E-state index contributed by atoms with van der Waals surface area (Å²) in [4.78, 5) is 0. The standard InChI is InChI=1S/C12H17FO3/c1-8(2)16-12(7-14)10-6-9(13)4-5-11(10)15-3/h4-6,8,12,14H,7H2,1-3H3/t12-/m0/s1. The highest BCUT2D eigenvalue weighted by atomic mass is 19.1. The first-order valence-electron chi connectivity index (χ1n) is 5.18. The Bertz CT molecular complexity index is 339. The molecule has 0 fully saturated rings. The van der Waals surface area contributed by atoms with Crippen LogP contribution in [-0.4, -0.2) is 24.9 Å². The van der Waals surface area contributed by atoms with E-state index in [0.717, 1.165) is 0 Å². The number of hydrogen-bond donors (Lipinski definition) is 1. The minimum atomic E-state index is -0.564. The lowest BCUT2D eigenvalue weighted by Crippen LogP contribution is -2.15. The summed E-state index contributed by atoms with van der Waals surface area (Å²) in [5.74, 6) is 0.141. The Hall–Kier alpha value is -1.13. The van der Waals surface area contributed by atoms with Crippen LogP contribution in [0.4, 0.5) is 4.39 Å². The van der Waals surface area contributed by atoms with Gasteiger partial charge in [0.2, 0.25) is 0 Å². The lowest BCUT2D eigenvalue weighted by atomic mass is 10.1. The molecule has 0 amide bonds. The number of aliphatic hydroxyl groups excluding tert-OH is 1. The van der Waals surface area contributed by atoms with Gasteiger partial charge < -0.3 is 14.6 Å². The highest BCUT2D eigenvalue weighted by molar-refractivity contribution is 5.35. The van der Waals surface area contributed by atoms with E-state index in [0.29, 0.717) is 11.3 Å². The Balaban J connectivity index is 3.02. The zero-order valence-corrected chi connectivity index (χ0v) is 9.74. The molecule has 0 saturated carbocycles. The Labute approximate surface area is 94.8 Å². The van der Waals surface area contributed by atoms with Crippen molar-refractivity contribution in [2.45, 2.75) is 26.1 Å². The normalized spacial score (nSPS) is 12.9. The van der Waals surface area contributed by atoms with E-state index < -0.39 is 6.10 Å². The summed E-state index contributed by atoms with van der Waals surface area (Å²) in [6, 6.07) is 4.16. The lowest BCUT2D eigenvalue weighted by Gasteiger charge is -2.20. The average Bonchev–Trinajstić information content (AvgIpc) is 2.25. The summed E-state index contributed by atoms with van der Waals surface area (Å²) >= 11 is 0. The van der Waals surface area contributed by atoms with Crippen molar-refractivity contribution >= 4 is 0 Å². The third-order valence-corrected chi connectivity index (χ3v) is 2.14. The molecular weight excluding hydrogens is 211 g/mol. The quantitative estimate of drug-likeness (QED) is 0.840. The van der Waals surface area contributed by atoms with E-state index in [1.54, 1.807) is 0 Å². The van der Waals surface area contributed by atoms with Crippen molar-refractivity contribution in [3.05, 3.63) is 29.6 Å². The lowest BCUT2D eigenvalue weighted by molar-refractivity contribution is -0.0259. The van der Waals surface area contributed by atoms with Gasteiger partial charge in [-0.2, -0.15) is 0 Å². The first-order chi connectivity index (χ1) is 7.58. The zero-order valence-electron chi connectivity index (χ0n) is 9.74. The van der Waals surface area contributed by atoms with Gasteiger partial charge in [-0.25, -0.2) is 4.39 Å². The fourth-order valence-corrected chi connectivity index (χ4v) is 1.50. The molecule has 90 valence electrons. The van der Waals surface area contributed by atoms with Gasteiger partial charge in [-0.15, -0.1) is 0 Å². The van der Waals surface area contributed by atoms with Gasteiger partial charge in [0.05, 0.1) is 19.8 Å². The van der Waals surface area contributed by atoms with Gasteiger partial charge in [0, 0.05) is 5.56 Å². The summed E-state index contributed by atoms with van der Waals surface area (Å²) in [6.07, 6.45) is -0.615. The van der Waals surface area contributed by atoms with Gasteiger partial charge in [-0.3, -0.25) is 0 Å². The maximum atomic E-state index is 13.1. The molecule has 0 aliphatic carbocycles. The minimum absolute atomic E-state index is 0.0508. The summed E-state index contributed by atoms with van der Waals surface area (Å²) in [5.41, 5.74) is 0.527. The Kier molecular flexibility index (Phi) is 4.71. The molecule has 0 saturated heterocycles. The number of aliphatic hydroxyl groups is 1. The highest BCUT2D eigenvalue weighted by Crippen LogP contribution is 2.28. The van der Waals surface area contributed by atoms with E-state index in [2.05, 4.69) is 0 Å². The van der Waals surface area contributed by atoms with Crippen molar-refractivity contribution in [3.63, 3.8) is 0 Å². The molecule has 1 aromatic rings. The number of halogens is 1. The molecule has 1 N–H and O–H groups in total. The first-order valence-corrected chi connectivity index (χ1v) is 5.18. The van der Waals surface area contributed by atoms with Gasteiger partial charge in [-0.05, 0) is 32.0 Å². The van der Waals surface area contributed by atoms with Crippen molar-refractivity contribution in [1.29, 1.82) is 0 Å². The number of hydrogen-bond acceptors (Lipinski definition) is 3. The predicted octanol–water partition coefficient (Wildman–Crippen LogP) is 2.29. The smallest absolute Gasteiger partial charge is 0.124 e. The largest absolute Gasteiger partial charge is 0.496 e. The molecule has 0 bridgehead atoms. The zero-order chi connectivity index (χ0) is 12.1. The van der Waals surface area contributed by atoms with E-state index in [1.165, 1.54) is 25.3 Å². The van der Waals surface area contributed by atoms with Crippen LogP contribution in [0.25, 0.3) is 0 Å². The summed E-state index contributed by atoms with van der Waals surface area (Å²) in [7, 11) is 1.50. The molecule has 1 rings (SSSR count). The molecule has 0 spiro atoms. The van der Waals surface area contributed by atoms with Gasteiger partial charge >= 0.3 is 0 Å². The Morgan fingerprint density at radius 3 is 2.56 bits per heavy atom. The van der Waals surface area contributed by atoms with Crippen LogP contribution in [0, 0.1) is 5.82 Å². The van der Waals surface area contributed by atoms with E-state index in [4.69, 9.17) is 9.47 Å². The second-order valence-corrected chi connectivity index (χ2v) is 3.74. The fraction of sp³-hybridized carbons (Fsp3) is 0.500. The molecule has 0 aromatic heterocycles. The van der Waals surface area contributed by atoms with Crippen LogP contribution in [0.1, 0.15) is 25.5 Å². The molecule has 0 aliphatic rings. The van der Waals surface area contributed by atoms with Crippen molar-refractivity contribution in [1.82, 2.24) is 0 Å². The molecule has 0 unspecified atom stereocenters. The summed E-state index contributed by atoms with van der Waals surface area (Å²) < 4.78 is 23.7. The van der Waals surface area contributed by atoms with Gasteiger partial charge in [-0.1, -0.05) is 0 Å². The number of benzene rings is 1. The molecule has 3 nitrogen and oxygen atoms in total. The van der Waals surface area contributed by atoms with Gasteiger partial charge in [0.25, 0.3) is 0 Å². The molecule has 1 aromatic carbocycles. The van der Waals surface area contributed by atoms with Crippen molar-refractivity contribution in [3.8, 4) is 5.75 Å². The minimum Gasteiger partial charge on any atom is -0.496 e. The number of ether oxygens (including phenoxy) is 2. The topological polar surface area (TPSA) is 38.7 Å². The van der Waals surface area contributed by atoms with Crippen molar-refractivity contribution < 1.29 is 19.0 Å². The average molecular weight is 228 g/mol. The maximum Gasteiger partial charge on any atom is 0.124 e. The van der Waals surface area contributed by atoms with Crippen LogP contribution in [0.15, 0.2) is 18.2 Å². The molecule has 16 heavy (non-hydrogen) atoms. The first kappa shape index (κ1) is 12.9. The highest BCUT2D eigenvalue weighted by Gasteiger charge is 2.18. The summed E-state index contributed by atoms with van der Waals surface area (Å²) in [5, 5.41) is 9.24. The van der Waals surface area contributed by atoms with Crippen molar-refractivity contribution in [2.24, 2.45) is 0 Å². The second-order valence-electron chi connectivity index (χ2n) is 3.74. The molecule has 4 heteroatoms. The molecule has 0 aliphatic heterocycles. The molecule has 1 atom stereocenters. The molecule has 0 radical (unpaired) electrons. The van der Waals surface area contributed by atoms with Crippen LogP contribution in [0.5, 0.6) is 5.75 Å². The van der Waals surface area contributed by atoms with E-state index in [9.17, 15) is 9.50 Å². The van der Waals surface area contributed by atoms with Crippen LogP contribution >= 0.6 is 0 Å². The Morgan fingerprint density at radius 2 is 2.06 bits per heavy atom. The third-order valence-electron chi connectivity index (χ3n) is 2.14. The van der Waals surface area contributed by atoms with Gasteiger partial charge in [0.1, 0.15) is 17.7 Å². The second kappa shape index (κ2) is 5.82. The van der Waals surface area contributed by atoms with Crippen LogP contribution in [0.3, 0.4) is 0 Å². The van der Waals surface area contributed by atoms with Crippen molar-refractivity contribution in [2.75, 3.05) is 13.7 Å². The van der Waals surface area contributed by atoms with E-state index in [-0.39, 0.29) is 18.5 Å². The van der Waals surface area contributed by atoms with Crippen LogP contribution < -0.4 is 4.74 Å². The molecule has 0 heterocycles. The SMILES string of the molecule is COc1ccc(F)cc1[C@H](CO)OC(C)C. The molecular formula is C12H17FO3. The van der Waals surface area contributed by atoms with Crippen LogP contribution in [0.2, 0.25) is 0 Å². The van der Waals surface area contributed by atoms with Crippen LogP contribution in [-0.2, 0) is 4.74 Å². The number of rotatable bonds is 5. The maximum absolute atomic E-state index is 13.1. The third kappa shape index (κ3) is 3.18. The Morgan fingerprint density at radius 1 is 1.38 bits per heavy atom. The summed E-state index contributed by atoms with van der Waals surface area (Å²) in [6.45, 7) is 3.50. The monoisotopic (exact) mass is 228 g/mol. The van der Waals surface area contributed by atoms with E-state index in [1.807, 2.05) is 13.8 Å². The number of methoxy groups -OCH3 is 1. The fourth-order valence-electron chi connectivity index (χ4n) is 1.50. The van der Waals surface area contributed by atoms with Gasteiger partial charge in [0.15, 0.2) is 0 Å².